The highest BCUT2D eigenvalue weighted by molar-refractivity contribution is 6.30. The Kier molecular flexibility index (Phi) is 3.50. The van der Waals surface area contributed by atoms with E-state index in [1.54, 1.807) is 0 Å². The van der Waals surface area contributed by atoms with Gasteiger partial charge in [0.2, 0.25) is 0 Å². The lowest BCUT2D eigenvalue weighted by molar-refractivity contribution is 0.620. The Hall–Kier alpha value is -4.30. The highest BCUT2D eigenvalue weighted by Gasteiger charge is 2.41. The van der Waals surface area contributed by atoms with E-state index in [4.69, 9.17) is 4.42 Å². The fourth-order valence-corrected chi connectivity index (χ4v) is 6.52. The van der Waals surface area contributed by atoms with Gasteiger partial charge in [-0.05, 0) is 41.0 Å². The lowest BCUT2D eigenvalue weighted by Crippen LogP contribution is -2.15. The van der Waals surface area contributed by atoms with Crippen LogP contribution in [-0.2, 0) is 5.41 Å². The first kappa shape index (κ1) is 19.1. The van der Waals surface area contributed by atoms with E-state index >= 15 is 0 Å². The van der Waals surface area contributed by atoms with Crippen LogP contribution in [0.1, 0.15) is 25.0 Å². The van der Waals surface area contributed by atoms with Crippen molar-refractivity contribution < 1.29 is 4.42 Å². The molecule has 2 heterocycles. The zero-order valence-electron chi connectivity index (χ0n) is 19.7. The summed E-state index contributed by atoms with van der Waals surface area (Å²) in [5.74, 6) is 0. The molecular weight excluding hydrogens is 426 g/mol. The fraction of sp³-hybridized carbons (Fsp3) is 0.0909. The van der Waals surface area contributed by atoms with Crippen LogP contribution in [0.2, 0.25) is 0 Å². The van der Waals surface area contributed by atoms with Crippen molar-refractivity contribution in [3.8, 4) is 16.8 Å². The Bertz CT molecular complexity index is 1970. The average molecular weight is 450 g/mol. The van der Waals surface area contributed by atoms with Crippen molar-refractivity contribution in [2.45, 2.75) is 19.3 Å². The van der Waals surface area contributed by atoms with Crippen LogP contribution in [-0.4, -0.2) is 4.57 Å². The van der Waals surface area contributed by atoms with Crippen molar-refractivity contribution in [3.63, 3.8) is 0 Å². The summed E-state index contributed by atoms with van der Waals surface area (Å²) < 4.78 is 9.18. The monoisotopic (exact) mass is 449 g/mol. The number of hydrogen-bond acceptors (Lipinski definition) is 1. The molecule has 0 atom stereocenters. The first-order chi connectivity index (χ1) is 17.2. The molecule has 166 valence electrons. The predicted molar refractivity (Wildman–Crippen MR) is 146 cm³/mol. The lowest BCUT2D eigenvalue weighted by Gasteiger charge is -2.21. The summed E-state index contributed by atoms with van der Waals surface area (Å²) in [5.41, 5.74) is 10.7. The van der Waals surface area contributed by atoms with Gasteiger partial charge in [-0.25, -0.2) is 0 Å². The van der Waals surface area contributed by atoms with Gasteiger partial charge in [-0.1, -0.05) is 92.7 Å². The van der Waals surface area contributed by atoms with Crippen molar-refractivity contribution in [1.82, 2.24) is 4.57 Å². The SMILES string of the molecule is CC1(C)c2ccccc2-c2c1c1oc3ccccc3c1c1c2c2ccccc2n1-c1ccccc1. The van der Waals surface area contributed by atoms with Crippen LogP contribution in [0, 0.1) is 0 Å². The number of aromatic nitrogens is 1. The molecule has 2 aromatic heterocycles. The highest BCUT2D eigenvalue weighted by Crippen LogP contribution is 2.57. The minimum absolute atomic E-state index is 0.164. The summed E-state index contributed by atoms with van der Waals surface area (Å²) in [4.78, 5) is 0. The Morgan fingerprint density at radius 3 is 2.20 bits per heavy atom. The van der Waals surface area contributed by atoms with Gasteiger partial charge in [0.1, 0.15) is 11.2 Å². The van der Waals surface area contributed by atoms with Crippen molar-refractivity contribution in [2.24, 2.45) is 0 Å². The van der Waals surface area contributed by atoms with Crippen molar-refractivity contribution in [3.05, 3.63) is 114 Å². The standard InChI is InChI=1S/C33H23NO/c1-33(2)24-17-9-6-14-21(24)27-28-22-15-7-10-18-25(22)34(20-12-4-3-5-13-20)31(28)29-23-16-8-11-19-26(23)35-32(29)30(27)33/h3-19H,1-2H3. The minimum Gasteiger partial charge on any atom is -0.456 e. The molecule has 0 amide bonds. The quantitative estimate of drug-likeness (QED) is 0.244. The summed E-state index contributed by atoms with van der Waals surface area (Å²) in [7, 11) is 0. The predicted octanol–water partition coefficient (Wildman–Crippen LogP) is 8.99. The van der Waals surface area contributed by atoms with Gasteiger partial charge in [0, 0.05) is 32.8 Å². The number of nitrogens with zero attached hydrogens (tertiary/aromatic N) is 1. The van der Waals surface area contributed by atoms with Gasteiger partial charge < -0.3 is 8.98 Å². The molecule has 0 bridgehead atoms. The molecule has 0 saturated heterocycles. The Balaban J connectivity index is 1.76. The van der Waals surface area contributed by atoms with Crippen LogP contribution in [0.15, 0.2) is 108 Å². The van der Waals surface area contributed by atoms with Gasteiger partial charge in [0.15, 0.2) is 0 Å². The first-order valence-corrected chi connectivity index (χ1v) is 12.2. The van der Waals surface area contributed by atoms with E-state index in [1.807, 2.05) is 0 Å². The minimum atomic E-state index is -0.164. The summed E-state index contributed by atoms with van der Waals surface area (Å²) >= 11 is 0. The second-order valence-corrected chi connectivity index (χ2v) is 10.1. The molecular formula is C33H23NO. The molecule has 0 unspecified atom stereocenters. The fourth-order valence-electron chi connectivity index (χ4n) is 6.52. The number of hydrogen-bond donors (Lipinski definition) is 0. The topological polar surface area (TPSA) is 18.1 Å². The molecule has 2 nitrogen and oxygen atoms in total. The molecule has 7 aromatic rings. The lowest BCUT2D eigenvalue weighted by atomic mass is 9.81. The number of furan rings is 1. The van der Waals surface area contributed by atoms with Gasteiger partial charge >= 0.3 is 0 Å². The number of benzene rings is 5. The van der Waals surface area contributed by atoms with E-state index in [0.29, 0.717) is 0 Å². The molecule has 0 aliphatic heterocycles. The summed E-state index contributed by atoms with van der Waals surface area (Å²) in [6.07, 6.45) is 0. The molecule has 1 aliphatic carbocycles. The van der Waals surface area contributed by atoms with Crippen LogP contribution in [0.5, 0.6) is 0 Å². The molecule has 5 aromatic carbocycles. The summed E-state index contributed by atoms with van der Waals surface area (Å²) in [6.45, 7) is 4.68. The van der Waals surface area contributed by atoms with Crippen LogP contribution in [0.4, 0.5) is 0 Å². The molecule has 0 spiro atoms. The van der Waals surface area contributed by atoms with Crippen molar-refractivity contribution >= 4 is 43.7 Å². The largest absolute Gasteiger partial charge is 0.456 e. The van der Waals surface area contributed by atoms with Gasteiger partial charge in [0.25, 0.3) is 0 Å². The van der Waals surface area contributed by atoms with Crippen molar-refractivity contribution in [2.75, 3.05) is 0 Å². The number of fused-ring (bicyclic) bond motifs is 12. The molecule has 0 radical (unpaired) electrons. The Morgan fingerprint density at radius 2 is 1.34 bits per heavy atom. The molecule has 8 rings (SSSR count). The van der Waals surface area contributed by atoms with E-state index < -0.39 is 0 Å². The van der Waals surface area contributed by atoms with E-state index in [2.05, 4.69) is 122 Å². The summed E-state index contributed by atoms with van der Waals surface area (Å²) in [6, 6.07) is 36.9. The highest BCUT2D eigenvalue weighted by atomic mass is 16.3. The zero-order valence-corrected chi connectivity index (χ0v) is 19.7. The third kappa shape index (κ3) is 2.25. The third-order valence-corrected chi connectivity index (χ3v) is 7.94. The third-order valence-electron chi connectivity index (χ3n) is 7.94. The Morgan fingerprint density at radius 1 is 0.657 bits per heavy atom. The van der Waals surface area contributed by atoms with Gasteiger partial charge in [0.05, 0.1) is 16.4 Å². The maximum Gasteiger partial charge on any atom is 0.142 e. The smallest absolute Gasteiger partial charge is 0.142 e. The molecule has 0 fully saturated rings. The van der Waals surface area contributed by atoms with Crippen LogP contribution < -0.4 is 0 Å². The zero-order chi connectivity index (χ0) is 23.3. The summed E-state index contributed by atoms with van der Waals surface area (Å²) in [5, 5.41) is 4.97. The van der Waals surface area contributed by atoms with Crippen LogP contribution >= 0.6 is 0 Å². The second kappa shape index (κ2) is 6.43. The van der Waals surface area contributed by atoms with Gasteiger partial charge in [-0.2, -0.15) is 0 Å². The van der Waals surface area contributed by atoms with Gasteiger partial charge in [-0.3, -0.25) is 0 Å². The molecule has 2 heteroatoms. The number of rotatable bonds is 1. The maximum atomic E-state index is 6.74. The molecule has 35 heavy (non-hydrogen) atoms. The average Bonchev–Trinajstić information content (AvgIpc) is 3.51. The molecule has 0 saturated carbocycles. The normalized spacial score (nSPS) is 14.2. The van der Waals surface area contributed by atoms with Crippen LogP contribution in [0.25, 0.3) is 60.6 Å². The molecule has 1 aliphatic rings. The Labute approximate surface area is 203 Å². The van der Waals surface area contributed by atoms with E-state index in [-0.39, 0.29) is 5.41 Å². The van der Waals surface area contributed by atoms with Gasteiger partial charge in [-0.15, -0.1) is 0 Å². The van der Waals surface area contributed by atoms with E-state index in [9.17, 15) is 0 Å². The van der Waals surface area contributed by atoms with Crippen molar-refractivity contribution in [1.29, 1.82) is 0 Å². The van der Waals surface area contributed by atoms with E-state index in [1.165, 1.54) is 54.8 Å². The maximum absolute atomic E-state index is 6.74. The van der Waals surface area contributed by atoms with E-state index in [0.717, 1.165) is 16.9 Å². The second-order valence-electron chi connectivity index (χ2n) is 10.1. The van der Waals surface area contributed by atoms with Crippen LogP contribution in [0.3, 0.4) is 0 Å². The number of para-hydroxylation sites is 3. The molecule has 0 N–H and O–H groups in total. The first-order valence-electron chi connectivity index (χ1n) is 12.2.